The van der Waals surface area contributed by atoms with Crippen molar-refractivity contribution in [2.24, 2.45) is 11.7 Å². The first kappa shape index (κ1) is 12.1. The second kappa shape index (κ2) is 5.24. The average molecular weight is 230 g/mol. The molecule has 1 aromatic carbocycles. The second-order valence-corrected chi connectivity index (χ2v) is 3.92. The van der Waals surface area contributed by atoms with E-state index in [2.05, 4.69) is 0 Å². The van der Waals surface area contributed by atoms with E-state index in [0.717, 1.165) is 0 Å². The minimum absolute atomic E-state index is 0.0195. The molecule has 0 spiro atoms. The van der Waals surface area contributed by atoms with Crippen LogP contribution in [0.4, 0.5) is 4.39 Å². The van der Waals surface area contributed by atoms with Gasteiger partial charge in [0, 0.05) is 23.9 Å². The Labute approximate surface area is 93.2 Å². The van der Waals surface area contributed by atoms with Gasteiger partial charge < -0.3 is 5.73 Å². The number of benzene rings is 1. The van der Waals surface area contributed by atoms with Gasteiger partial charge in [-0.1, -0.05) is 24.6 Å². The van der Waals surface area contributed by atoms with Crippen LogP contribution in [0.2, 0.25) is 5.02 Å². The fourth-order valence-corrected chi connectivity index (χ4v) is 1.39. The maximum atomic E-state index is 12.7. The molecule has 0 aliphatic carbocycles. The van der Waals surface area contributed by atoms with Gasteiger partial charge in [0.1, 0.15) is 11.6 Å². The number of Topliss-reactive ketones (excluding diaryl/α,β-unsaturated/α-hetero) is 1. The number of hydrogen-bond donors (Lipinski definition) is 1. The van der Waals surface area contributed by atoms with E-state index in [1.165, 1.54) is 18.2 Å². The van der Waals surface area contributed by atoms with Crippen molar-refractivity contribution in [3.05, 3.63) is 34.6 Å². The van der Waals surface area contributed by atoms with Gasteiger partial charge in [0.15, 0.2) is 0 Å². The van der Waals surface area contributed by atoms with Gasteiger partial charge in [-0.15, -0.1) is 0 Å². The van der Waals surface area contributed by atoms with E-state index < -0.39 is 5.82 Å². The molecule has 2 nitrogen and oxygen atoms in total. The molecule has 4 heteroatoms. The monoisotopic (exact) mass is 229 g/mol. The van der Waals surface area contributed by atoms with Gasteiger partial charge in [0.25, 0.3) is 0 Å². The Bertz CT molecular complexity index is 368. The summed E-state index contributed by atoms with van der Waals surface area (Å²) >= 11 is 5.80. The summed E-state index contributed by atoms with van der Waals surface area (Å²) in [7, 11) is 0. The quantitative estimate of drug-likeness (QED) is 0.860. The van der Waals surface area contributed by atoms with Gasteiger partial charge in [-0.3, -0.25) is 4.79 Å². The first-order valence-electron chi connectivity index (χ1n) is 4.71. The molecule has 0 aromatic heterocycles. The minimum Gasteiger partial charge on any atom is -0.330 e. The number of rotatable bonds is 4. The van der Waals surface area contributed by atoms with Crippen molar-refractivity contribution in [1.29, 1.82) is 0 Å². The third kappa shape index (κ3) is 3.29. The van der Waals surface area contributed by atoms with Crippen LogP contribution in [-0.2, 0) is 11.2 Å². The predicted molar refractivity (Wildman–Crippen MR) is 58.3 cm³/mol. The SMILES string of the molecule is CC(CN)C(=O)Cc1ccc(F)cc1Cl. The summed E-state index contributed by atoms with van der Waals surface area (Å²) in [5.41, 5.74) is 6.02. The summed E-state index contributed by atoms with van der Waals surface area (Å²) in [5, 5.41) is 0.285. The van der Waals surface area contributed by atoms with E-state index in [9.17, 15) is 9.18 Å². The number of carbonyl (C=O) groups is 1. The fraction of sp³-hybridized carbons (Fsp3) is 0.364. The van der Waals surface area contributed by atoms with Crippen molar-refractivity contribution in [1.82, 2.24) is 0 Å². The normalized spacial score (nSPS) is 12.5. The molecule has 1 unspecified atom stereocenters. The lowest BCUT2D eigenvalue weighted by atomic mass is 10.00. The van der Waals surface area contributed by atoms with Crippen LogP contribution in [-0.4, -0.2) is 12.3 Å². The number of ketones is 1. The highest BCUT2D eigenvalue weighted by Gasteiger charge is 2.13. The summed E-state index contributed by atoms with van der Waals surface area (Å²) in [5.74, 6) is -0.569. The molecular formula is C11H13ClFNO. The number of halogens is 2. The van der Waals surface area contributed by atoms with E-state index >= 15 is 0 Å². The standard InChI is InChI=1S/C11H13ClFNO/c1-7(6-14)11(15)4-8-2-3-9(13)5-10(8)12/h2-3,5,7H,4,6,14H2,1H3. The molecule has 15 heavy (non-hydrogen) atoms. The minimum atomic E-state index is -0.400. The topological polar surface area (TPSA) is 43.1 Å². The Morgan fingerprint density at radius 1 is 1.60 bits per heavy atom. The zero-order chi connectivity index (χ0) is 11.4. The molecule has 0 fully saturated rings. The Morgan fingerprint density at radius 3 is 2.80 bits per heavy atom. The second-order valence-electron chi connectivity index (χ2n) is 3.52. The van der Waals surface area contributed by atoms with Crippen LogP contribution in [0.3, 0.4) is 0 Å². The van der Waals surface area contributed by atoms with Crippen molar-refractivity contribution < 1.29 is 9.18 Å². The van der Waals surface area contributed by atoms with Crippen LogP contribution in [0.25, 0.3) is 0 Å². The summed E-state index contributed by atoms with van der Waals surface area (Å²) in [4.78, 5) is 11.5. The molecule has 1 rings (SSSR count). The number of hydrogen-bond acceptors (Lipinski definition) is 2. The number of nitrogens with two attached hydrogens (primary N) is 1. The van der Waals surface area contributed by atoms with Crippen molar-refractivity contribution in [2.75, 3.05) is 6.54 Å². The van der Waals surface area contributed by atoms with E-state index in [1.807, 2.05) is 0 Å². The lowest BCUT2D eigenvalue weighted by molar-refractivity contribution is -0.121. The summed E-state index contributed by atoms with van der Waals surface area (Å²) in [6.45, 7) is 2.08. The van der Waals surface area contributed by atoms with Crippen molar-refractivity contribution in [3.63, 3.8) is 0 Å². The molecule has 1 aromatic rings. The van der Waals surface area contributed by atoms with E-state index in [4.69, 9.17) is 17.3 Å². The first-order chi connectivity index (χ1) is 7.04. The highest BCUT2D eigenvalue weighted by molar-refractivity contribution is 6.31. The van der Waals surface area contributed by atoms with E-state index in [-0.39, 0.29) is 23.1 Å². The predicted octanol–water partition coefficient (Wildman–Crippen LogP) is 2.19. The molecule has 0 saturated carbocycles. The van der Waals surface area contributed by atoms with Gasteiger partial charge in [-0.25, -0.2) is 4.39 Å². The molecule has 0 heterocycles. The van der Waals surface area contributed by atoms with Crippen molar-refractivity contribution in [2.45, 2.75) is 13.3 Å². The molecule has 0 amide bonds. The third-order valence-electron chi connectivity index (χ3n) is 2.28. The molecule has 1 atom stereocenters. The zero-order valence-corrected chi connectivity index (χ0v) is 9.22. The summed E-state index contributed by atoms with van der Waals surface area (Å²) in [6.07, 6.45) is 0.206. The van der Waals surface area contributed by atoms with Crippen LogP contribution in [0.5, 0.6) is 0 Å². The average Bonchev–Trinajstić information content (AvgIpc) is 2.20. The lowest BCUT2D eigenvalue weighted by Crippen LogP contribution is -2.22. The van der Waals surface area contributed by atoms with Crippen LogP contribution in [0.1, 0.15) is 12.5 Å². The molecule has 0 saturated heterocycles. The van der Waals surface area contributed by atoms with Crippen molar-refractivity contribution in [3.8, 4) is 0 Å². The molecule has 0 bridgehead atoms. The number of carbonyl (C=O) groups excluding carboxylic acids is 1. The first-order valence-corrected chi connectivity index (χ1v) is 5.09. The summed E-state index contributed by atoms with van der Waals surface area (Å²) < 4.78 is 12.7. The Balaban J connectivity index is 2.77. The Kier molecular flexibility index (Phi) is 4.24. The van der Waals surface area contributed by atoms with Crippen LogP contribution in [0.15, 0.2) is 18.2 Å². The molecule has 82 valence electrons. The van der Waals surface area contributed by atoms with E-state index in [1.54, 1.807) is 6.92 Å². The Hall–Kier alpha value is -0.930. The lowest BCUT2D eigenvalue weighted by Gasteiger charge is -2.08. The molecular weight excluding hydrogens is 217 g/mol. The maximum absolute atomic E-state index is 12.7. The fourth-order valence-electron chi connectivity index (χ4n) is 1.16. The van der Waals surface area contributed by atoms with Crippen LogP contribution >= 0.6 is 11.6 Å². The maximum Gasteiger partial charge on any atom is 0.141 e. The van der Waals surface area contributed by atoms with E-state index in [0.29, 0.717) is 12.1 Å². The molecule has 0 aliphatic heterocycles. The van der Waals surface area contributed by atoms with Gasteiger partial charge in [0.2, 0.25) is 0 Å². The molecule has 2 N–H and O–H groups in total. The Morgan fingerprint density at radius 2 is 2.27 bits per heavy atom. The van der Waals surface area contributed by atoms with Gasteiger partial charge >= 0.3 is 0 Å². The zero-order valence-electron chi connectivity index (χ0n) is 8.47. The van der Waals surface area contributed by atoms with Crippen LogP contribution < -0.4 is 5.73 Å². The van der Waals surface area contributed by atoms with Gasteiger partial charge in [0.05, 0.1) is 0 Å². The highest BCUT2D eigenvalue weighted by atomic mass is 35.5. The van der Waals surface area contributed by atoms with Crippen molar-refractivity contribution >= 4 is 17.4 Å². The van der Waals surface area contributed by atoms with Crippen LogP contribution in [0, 0.1) is 11.7 Å². The third-order valence-corrected chi connectivity index (χ3v) is 2.63. The highest BCUT2D eigenvalue weighted by Crippen LogP contribution is 2.18. The molecule has 0 radical (unpaired) electrons. The smallest absolute Gasteiger partial charge is 0.141 e. The summed E-state index contributed by atoms with van der Waals surface area (Å²) in [6, 6.07) is 4.03. The van der Waals surface area contributed by atoms with Gasteiger partial charge in [-0.2, -0.15) is 0 Å². The largest absolute Gasteiger partial charge is 0.330 e. The molecule has 0 aliphatic rings. The van der Waals surface area contributed by atoms with Gasteiger partial charge in [-0.05, 0) is 17.7 Å².